The summed E-state index contributed by atoms with van der Waals surface area (Å²) in [4.78, 5) is 24.9. The molecule has 0 radical (unpaired) electrons. The summed E-state index contributed by atoms with van der Waals surface area (Å²) in [5, 5.41) is 13.1. The molecule has 3 rings (SSSR count). The monoisotopic (exact) mass is 409 g/mol. The molecule has 2 amide bonds. The lowest BCUT2D eigenvalue weighted by Gasteiger charge is -2.36. The molecule has 1 aromatic heterocycles. The molecule has 152 valence electrons. The summed E-state index contributed by atoms with van der Waals surface area (Å²) in [6.45, 7) is 3.66. The maximum Gasteiger partial charge on any atom is 0.251 e. The fourth-order valence-corrected chi connectivity index (χ4v) is 3.28. The van der Waals surface area contributed by atoms with Gasteiger partial charge in [-0.2, -0.15) is 5.10 Å². The van der Waals surface area contributed by atoms with Gasteiger partial charge < -0.3 is 16.0 Å². The van der Waals surface area contributed by atoms with Gasteiger partial charge in [0, 0.05) is 31.0 Å². The quantitative estimate of drug-likeness (QED) is 0.629. The van der Waals surface area contributed by atoms with Crippen molar-refractivity contribution in [3.63, 3.8) is 0 Å². The molecule has 1 aromatic carbocycles. The van der Waals surface area contributed by atoms with Crippen LogP contribution in [0, 0.1) is 12.7 Å². The maximum absolute atomic E-state index is 13.6. The van der Waals surface area contributed by atoms with Crippen LogP contribution >= 0.6 is 12.4 Å². The van der Waals surface area contributed by atoms with Crippen LogP contribution in [0.2, 0.25) is 0 Å². The molecule has 3 N–H and O–H groups in total. The number of aryl methyl sites for hydroxylation is 1. The molecular weight excluding hydrogens is 385 g/mol. The molecule has 9 heteroatoms. The highest BCUT2D eigenvalue weighted by atomic mass is 35.5. The van der Waals surface area contributed by atoms with Gasteiger partial charge in [0.05, 0.1) is 0 Å². The van der Waals surface area contributed by atoms with E-state index in [1.807, 2.05) is 0 Å². The van der Waals surface area contributed by atoms with Gasteiger partial charge in [-0.3, -0.25) is 14.3 Å². The Labute approximate surface area is 169 Å². The van der Waals surface area contributed by atoms with Crippen LogP contribution in [0.4, 0.5) is 4.39 Å². The summed E-state index contributed by atoms with van der Waals surface area (Å²) in [5.41, 5.74) is 0.0410. The second-order valence-electron chi connectivity index (χ2n) is 6.71. The van der Waals surface area contributed by atoms with E-state index in [2.05, 4.69) is 21.0 Å². The van der Waals surface area contributed by atoms with Crippen LogP contribution in [0.5, 0.6) is 0 Å². The lowest BCUT2D eigenvalue weighted by molar-refractivity contribution is -0.131. The zero-order valence-electron chi connectivity index (χ0n) is 15.7. The van der Waals surface area contributed by atoms with E-state index in [4.69, 9.17) is 0 Å². The van der Waals surface area contributed by atoms with Crippen molar-refractivity contribution in [2.45, 2.75) is 25.3 Å². The molecule has 1 aliphatic rings. The Bertz CT molecular complexity index is 807. The molecule has 1 fully saturated rings. The molecule has 2 heterocycles. The summed E-state index contributed by atoms with van der Waals surface area (Å²) < 4.78 is 15.3. The van der Waals surface area contributed by atoms with Crippen LogP contribution in [0.3, 0.4) is 0 Å². The molecule has 2 aromatic rings. The first kappa shape index (κ1) is 21.8. The van der Waals surface area contributed by atoms with Gasteiger partial charge in [-0.1, -0.05) is 6.07 Å². The van der Waals surface area contributed by atoms with Gasteiger partial charge in [0.15, 0.2) is 0 Å². The third kappa shape index (κ3) is 4.69. The Kier molecular flexibility index (Phi) is 7.53. The van der Waals surface area contributed by atoms with E-state index in [0.29, 0.717) is 18.4 Å². The Morgan fingerprint density at radius 3 is 2.61 bits per heavy atom. The highest BCUT2D eigenvalue weighted by Crippen LogP contribution is 2.27. The summed E-state index contributed by atoms with van der Waals surface area (Å²) in [7, 11) is 0. The van der Waals surface area contributed by atoms with Crippen molar-refractivity contribution in [3.8, 4) is 0 Å². The summed E-state index contributed by atoms with van der Waals surface area (Å²) in [6.07, 6.45) is 4.77. The van der Waals surface area contributed by atoms with Crippen LogP contribution in [-0.2, 0) is 10.3 Å². The van der Waals surface area contributed by atoms with Crippen LogP contribution in [-0.4, -0.2) is 47.8 Å². The van der Waals surface area contributed by atoms with E-state index in [9.17, 15) is 14.0 Å². The lowest BCUT2D eigenvalue weighted by Crippen LogP contribution is -2.55. The molecule has 0 spiro atoms. The van der Waals surface area contributed by atoms with Crippen molar-refractivity contribution in [1.82, 2.24) is 25.7 Å². The van der Waals surface area contributed by atoms with Crippen molar-refractivity contribution in [2.24, 2.45) is 0 Å². The van der Waals surface area contributed by atoms with Crippen LogP contribution in [0.1, 0.15) is 28.8 Å². The first-order valence-corrected chi connectivity index (χ1v) is 9.06. The van der Waals surface area contributed by atoms with Gasteiger partial charge >= 0.3 is 0 Å². The molecule has 0 bridgehead atoms. The Hall–Kier alpha value is -2.45. The third-order valence-corrected chi connectivity index (χ3v) is 4.93. The van der Waals surface area contributed by atoms with Gasteiger partial charge in [-0.05, 0) is 56.6 Å². The van der Waals surface area contributed by atoms with Crippen LogP contribution in [0.25, 0.3) is 0 Å². The Morgan fingerprint density at radius 2 is 1.96 bits per heavy atom. The van der Waals surface area contributed by atoms with Crippen LogP contribution in [0.15, 0.2) is 36.7 Å². The number of piperidine rings is 1. The number of halogens is 2. The number of carbonyl (C=O) groups is 2. The fraction of sp³-hybridized carbons (Fsp3) is 0.421. The Balaban J connectivity index is 0.00000280. The standard InChI is InChI=1S/C19H24FN5O2.ClH/c1-14-3-4-15(13-16(14)20)17(26)22-10-11-23-18(27)19(5-8-21-9-6-19)25-12-2-7-24-25;/h2-4,7,12-13,21H,5-6,8-11H2,1H3,(H,22,26)(H,23,27);1H. The first-order chi connectivity index (χ1) is 13.0. The first-order valence-electron chi connectivity index (χ1n) is 9.06. The topological polar surface area (TPSA) is 88.1 Å². The van der Waals surface area contributed by atoms with Crippen molar-refractivity contribution < 1.29 is 14.0 Å². The number of benzene rings is 1. The molecule has 0 atom stereocenters. The number of hydrogen-bond acceptors (Lipinski definition) is 4. The number of nitrogens with one attached hydrogen (secondary N) is 3. The molecule has 0 aliphatic carbocycles. The molecule has 1 saturated heterocycles. The predicted molar refractivity (Wildman–Crippen MR) is 106 cm³/mol. The smallest absolute Gasteiger partial charge is 0.251 e. The van der Waals surface area contributed by atoms with Gasteiger partial charge in [0.1, 0.15) is 11.4 Å². The van der Waals surface area contributed by atoms with Crippen molar-refractivity contribution in [2.75, 3.05) is 26.2 Å². The molecule has 1 aliphatic heterocycles. The number of hydrogen-bond donors (Lipinski definition) is 3. The minimum Gasteiger partial charge on any atom is -0.352 e. The number of nitrogens with zero attached hydrogens (tertiary/aromatic N) is 2. The highest BCUT2D eigenvalue weighted by Gasteiger charge is 2.41. The lowest BCUT2D eigenvalue weighted by atomic mass is 9.87. The number of rotatable bonds is 6. The number of carbonyl (C=O) groups excluding carboxylic acids is 2. The van der Waals surface area contributed by atoms with Gasteiger partial charge in [-0.15, -0.1) is 12.4 Å². The van der Waals surface area contributed by atoms with Crippen LogP contribution < -0.4 is 16.0 Å². The highest BCUT2D eigenvalue weighted by molar-refractivity contribution is 5.94. The molecular formula is C19H25ClFN5O2. The maximum atomic E-state index is 13.6. The Morgan fingerprint density at radius 1 is 1.25 bits per heavy atom. The van der Waals surface area contributed by atoms with Crippen molar-refractivity contribution in [3.05, 3.63) is 53.6 Å². The summed E-state index contributed by atoms with van der Waals surface area (Å²) in [5.74, 6) is -0.891. The second-order valence-corrected chi connectivity index (χ2v) is 6.71. The zero-order chi connectivity index (χ0) is 19.3. The second kappa shape index (κ2) is 9.66. The predicted octanol–water partition coefficient (Wildman–Crippen LogP) is 1.38. The minimum absolute atomic E-state index is 0. The molecule has 7 nitrogen and oxygen atoms in total. The van der Waals surface area contributed by atoms with Gasteiger partial charge in [-0.25, -0.2) is 4.39 Å². The third-order valence-electron chi connectivity index (χ3n) is 4.93. The normalized spacial score (nSPS) is 15.4. The van der Waals surface area contributed by atoms with E-state index in [-0.39, 0.29) is 42.9 Å². The van der Waals surface area contributed by atoms with E-state index >= 15 is 0 Å². The zero-order valence-corrected chi connectivity index (χ0v) is 16.5. The fourth-order valence-electron chi connectivity index (χ4n) is 3.28. The minimum atomic E-state index is -0.709. The SMILES string of the molecule is Cc1ccc(C(=O)NCCNC(=O)C2(n3cccn3)CCNCC2)cc1F.Cl. The van der Waals surface area contributed by atoms with Gasteiger partial charge in [0.25, 0.3) is 5.91 Å². The number of aromatic nitrogens is 2. The van der Waals surface area contributed by atoms with E-state index in [1.165, 1.54) is 6.07 Å². The van der Waals surface area contributed by atoms with E-state index < -0.39 is 11.4 Å². The van der Waals surface area contributed by atoms with Gasteiger partial charge in [0.2, 0.25) is 5.91 Å². The van der Waals surface area contributed by atoms with Crippen molar-refractivity contribution >= 4 is 24.2 Å². The van der Waals surface area contributed by atoms with E-state index in [0.717, 1.165) is 13.1 Å². The largest absolute Gasteiger partial charge is 0.352 e. The van der Waals surface area contributed by atoms with E-state index in [1.54, 1.807) is 42.2 Å². The number of amides is 2. The molecule has 0 unspecified atom stereocenters. The van der Waals surface area contributed by atoms with Crippen molar-refractivity contribution in [1.29, 1.82) is 0 Å². The average molecular weight is 410 g/mol. The summed E-state index contributed by atoms with van der Waals surface area (Å²) in [6, 6.07) is 6.16. The summed E-state index contributed by atoms with van der Waals surface area (Å²) >= 11 is 0. The average Bonchev–Trinajstić information content (AvgIpc) is 3.23. The molecule has 28 heavy (non-hydrogen) atoms. The molecule has 0 saturated carbocycles.